The molecular formula is C13H13N5O2. The summed E-state index contributed by atoms with van der Waals surface area (Å²) in [5.41, 5.74) is 8.06. The molecule has 102 valence electrons. The highest BCUT2D eigenvalue weighted by molar-refractivity contribution is 6.15. The maximum Gasteiger partial charge on any atom is 0.301 e. The van der Waals surface area contributed by atoms with E-state index in [1.165, 1.54) is 0 Å². The zero-order valence-corrected chi connectivity index (χ0v) is 10.8. The Bertz CT molecular complexity index is 677. The first-order valence-corrected chi connectivity index (χ1v) is 6.10. The molecule has 0 atom stereocenters. The van der Waals surface area contributed by atoms with Crippen LogP contribution < -0.4 is 16.4 Å². The van der Waals surface area contributed by atoms with E-state index in [1.54, 1.807) is 6.92 Å². The molecule has 7 nitrogen and oxygen atoms in total. The fraction of sp³-hybridized carbons (Fsp3) is 0.154. The third kappa shape index (κ3) is 1.89. The van der Waals surface area contributed by atoms with Gasteiger partial charge in [-0.1, -0.05) is 12.1 Å². The lowest BCUT2D eigenvalue weighted by molar-refractivity contribution is -0.140. The van der Waals surface area contributed by atoms with Crippen LogP contribution in [0.2, 0.25) is 0 Å². The minimum Gasteiger partial charge on any atom is -0.383 e. The van der Waals surface area contributed by atoms with Crippen LogP contribution in [0.5, 0.6) is 0 Å². The number of fused-ring (bicyclic) bond motifs is 1. The van der Waals surface area contributed by atoms with Crippen molar-refractivity contribution in [1.82, 2.24) is 5.01 Å². The van der Waals surface area contributed by atoms with Gasteiger partial charge in [0.25, 0.3) is 5.91 Å². The zero-order chi connectivity index (χ0) is 14.3. The smallest absolute Gasteiger partial charge is 0.301 e. The quantitative estimate of drug-likeness (QED) is 0.656. The molecule has 1 aromatic rings. The molecule has 0 fully saturated rings. The van der Waals surface area contributed by atoms with Crippen LogP contribution in [0.4, 0.5) is 11.4 Å². The van der Waals surface area contributed by atoms with Crippen molar-refractivity contribution >= 4 is 28.9 Å². The number of hydrogen-bond acceptors (Lipinski definition) is 6. The molecule has 0 aliphatic carbocycles. The van der Waals surface area contributed by atoms with E-state index in [-0.39, 0.29) is 23.8 Å². The number of carbonyl (C=O) groups excluding carboxylic acids is 2. The van der Waals surface area contributed by atoms with Gasteiger partial charge in [-0.2, -0.15) is 10.1 Å². The lowest BCUT2D eigenvalue weighted by atomic mass is 10.2. The van der Waals surface area contributed by atoms with Gasteiger partial charge in [-0.15, -0.1) is 0 Å². The molecule has 4 N–H and O–H groups in total. The first-order valence-electron chi connectivity index (χ1n) is 6.10. The maximum absolute atomic E-state index is 12.3. The van der Waals surface area contributed by atoms with Crippen LogP contribution in [-0.4, -0.2) is 22.5 Å². The van der Waals surface area contributed by atoms with Gasteiger partial charge in [0.05, 0.1) is 17.8 Å². The number of imide groups is 1. The summed E-state index contributed by atoms with van der Waals surface area (Å²) in [5.74, 6) is -0.749. The highest BCUT2D eigenvalue weighted by atomic mass is 16.2. The second-order valence-electron chi connectivity index (χ2n) is 4.61. The van der Waals surface area contributed by atoms with Crippen molar-refractivity contribution in [1.29, 1.82) is 0 Å². The summed E-state index contributed by atoms with van der Waals surface area (Å²) in [6.45, 7) is 1.70. The average molecular weight is 271 g/mol. The number of anilines is 2. The summed E-state index contributed by atoms with van der Waals surface area (Å²) in [7, 11) is 0. The van der Waals surface area contributed by atoms with Gasteiger partial charge in [-0.25, -0.2) is 0 Å². The number of amides is 2. The van der Waals surface area contributed by atoms with E-state index in [4.69, 9.17) is 5.73 Å². The Balaban J connectivity index is 1.91. The van der Waals surface area contributed by atoms with E-state index in [2.05, 4.69) is 15.7 Å². The van der Waals surface area contributed by atoms with Crippen LogP contribution >= 0.6 is 0 Å². The number of benzene rings is 1. The highest BCUT2D eigenvalue weighted by Crippen LogP contribution is 2.29. The number of para-hydroxylation sites is 2. The van der Waals surface area contributed by atoms with E-state index in [1.807, 2.05) is 24.3 Å². The van der Waals surface area contributed by atoms with Gasteiger partial charge in [0.15, 0.2) is 0 Å². The third-order valence-corrected chi connectivity index (χ3v) is 3.05. The second-order valence-corrected chi connectivity index (χ2v) is 4.61. The van der Waals surface area contributed by atoms with E-state index < -0.39 is 5.91 Å². The zero-order valence-electron chi connectivity index (χ0n) is 10.8. The van der Waals surface area contributed by atoms with Crippen LogP contribution in [0.15, 0.2) is 40.9 Å². The first-order chi connectivity index (χ1) is 9.56. The van der Waals surface area contributed by atoms with Gasteiger partial charge in [0, 0.05) is 5.71 Å². The van der Waals surface area contributed by atoms with Crippen LogP contribution in [0.3, 0.4) is 0 Å². The van der Waals surface area contributed by atoms with Crippen molar-refractivity contribution in [2.24, 2.45) is 10.8 Å². The summed E-state index contributed by atoms with van der Waals surface area (Å²) >= 11 is 0. The minimum atomic E-state index is -0.564. The molecule has 0 bridgehead atoms. The number of nitrogens with two attached hydrogens (primary N) is 1. The molecule has 3 rings (SSSR count). The number of nitrogens with one attached hydrogen (secondary N) is 2. The van der Waals surface area contributed by atoms with Gasteiger partial charge < -0.3 is 16.4 Å². The monoisotopic (exact) mass is 271 g/mol. The van der Waals surface area contributed by atoms with E-state index >= 15 is 0 Å². The molecule has 2 amide bonds. The summed E-state index contributed by atoms with van der Waals surface area (Å²) in [4.78, 5) is 24.0. The first kappa shape index (κ1) is 12.2. The molecule has 0 saturated heterocycles. The topological polar surface area (TPSA) is 99.8 Å². The number of rotatable bonds is 1. The van der Waals surface area contributed by atoms with Gasteiger partial charge in [-0.3, -0.25) is 9.59 Å². The van der Waals surface area contributed by atoms with Crippen molar-refractivity contribution in [3.8, 4) is 0 Å². The van der Waals surface area contributed by atoms with Gasteiger partial charge in [0.2, 0.25) is 0 Å². The number of nitrogens with zero attached hydrogens (tertiary/aromatic N) is 2. The van der Waals surface area contributed by atoms with Crippen molar-refractivity contribution in [2.45, 2.75) is 13.3 Å². The predicted molar refractivity (Wildman–Crippen MR) is 74.5 cm³/mol. The van der Waals surface area contributed by atoms with Gasteiger partial charge >= 0.3 is 5.91 Å². The number of hydrazone groups is 1. The van der Waals surface area contributed by atoms with Crippen molar-refractivity contribution in [3.05, 3.63) is 35.8 Å². The van der Waals surface area contributed by atoms with Gasteiger partial charge in [0.1, 0.15) is 11.5 Å². The summed E-state index contributed by atoms with van der Waals surface area (Å²) in [5, 5.41) is 10.6. The van der Waals surface area contributed by atoms with E-state index in [0.717, 1.165) is 16.4 Å². The Morgan fingerprint density at radius 2 is 1.95 bits per heavy atom. The average Bonchev–Trinajstić information content (AvgIpc) is 2.76. The third-order valence-electron chi connectivity index (χ3n) is 3.05. The standard InChI is InChI=1S/C13H13N5O2/c1-7-6-10(19)18(17-7)13(20)11-12(14)16-9-5-3-2-4-8(9)15-11/h2-5,15-16H,6,14H2,1H3. The molecule has 2 aliphatic heterocycles. The van der Waals surface area contributed by atoms with Crippen LogP contribution in [-0.2, 0) is 9.59 Å². The SMILES string of the molecule is CC1=NN(C(=O)C2=C(N)Nc3ccccc3N2)C(=O)C1. The normalized spacial score (nSPS) is 17.4. The maximum atomic E-state index is 12.3. The molecule has 7 heteroatoms. The van der Waals surface area contributed by atoms with Crippen LogP contribution in [0, 0.1) is 0 Å². The summed E-state index contributed by atoms with van der Waals surface area (Å²) < 4.78 is 0. The van der Waals surface area contributed by atoms with Crippen molar-refractivity contribution in [3.63, 3.8) is 0 Å². The molecule has 0 aromatic heterocycles. The molecule has 0 radical (unpaired) electrons. The molecule has 2 heterocycles. The summed E-state index contributed by atoms with van der Waals surface area (Å²) in [6.07, 6.45) is 0.156. The molecule has 0 unspecified atom stereocenters. The lowest BCUT2D eigenvalue weighted by Crippen LogP contribution is -2.36. The fourth-order valence-electron chi connectivity index (χ4n) is 2.10. The molecular weight excluding hydrogens is 258 g/mol. The predicted octanol–water partition coefficient (Wildman–Crippen LogP) is 0.787. The van der Waals surface area contributed by atoms with E-state index in [9.17, 15) is 9.59 Å². The lowest BCUT2D eigenvalue weighted by Gasteiger charge is -2.24. The minimum absolute atomic E-state index is 0.121. The Morgan fingerprint density at radius 3 is 2.55 bits per heavy atom. The largest absolute Gasteiger partial charge is 0.383 e. The Morgan fingerprint density at radius 1 is 1.30 bits per heavy atom. The second kappa shape index (κ2) is 4.37. The van der Waals surface area contributed by atoms with Gasteiger partial charge in [-0.05, 0) is 19.1 Å². The molecule has 1 aromatic carbocycles. The van der Waals surface area contributed by atoms with Crippen LogP contribution in [0.25, 0.3) is 0 Å². The Hall–Kier alpha value is -2.83. The van der Waals surface area contributed by atoms with Crippen LogP contribution in [0.1, 0.15) is 13.3 Å². The Labute approximate surface area is 115 Å². The molecule has 20 heavy (non-hydrogen) atoms. The van der Waals surface area contributed by atoms with E-state index in [0.29, 0.717) is 5.71 Å². The summed E-state index contributed by atoms with van der Waals surface area (Å²) in [6, 6.07) is 7.33. The Kier molecular flexibility index (Phi) is 2.67. The number of carbonyl (C=O) groups is 2. The molecule has 2 aliphatic rings. The highest BCUT2D eigenvalue weighted by Gasteiger charge is 2.32. The molecule has 0 saturated carbocycles. The number of hydrogen-bond donors (Lipinski definition) is 3. The van der Waals surface area contributed by atoms with Crippen molar-refractivity contribution in [2.75, 3.05) is 10.6 Å². The fourth-order valence-corrected chi connectivity index (χ4v) is 2.10. The molecule has 0 spiro atoms. The van der Waals surface area contributed by atoms with Crippen molar-refractivity contribution < 1.29 is 9.59 Å².